The van der Waals surface area contributed by atoms with Crippen molar-refractivity contribution in [2.75, 3.05) is 13.1 Å². The highest BCUT2D eigenvalue weighted by Crippen LogP contribution is 2.29. The zero-order chi connectivity index (χ0) is 28.3. The van der Waals surface area contributed by atoms with E-state index < -0.39 is 18.6 Å². The van der Waals surface area contributed by atoms with Crippen molar-refractivity contribution in [3.8, 4) is 11.1 Å². The maximum Gasteiger partial charge on any atom is 0.389 e. The Morgan fingerprint density at radius 3 is 2.28 bits per heavy atom. The van der Waals surface area contributed by atoms with Gasteiger partial charge in [0.15, 0.2) is 0 Å². The molecule has 0 fully saturated rings. The number of amides is 1. The van der Waals surface area contributed by atoms with Crippen molar-refractivity contribution in [2.45, 2.75) is 46.3 Å². The fourth-order valence-electron chi connectivity index (χ4n) is 4.77. The van der Waals surface area contributed by atoms with Crippen LogP contribution in [0.25, 0.3) is 22.2 Å². The van der Waals surface area contributed by atoms with E-state index in [-0.39, 0.29) is 30.3 Å². The molecule has 0 saturated carbocycles. The van der Waals surface area contributed by atoms with Crippen LogP contribution in [-0.4, -0.2) is 50.7 Å². The topological polar surface area (TPSA) is 75.4 Å². The van der Waals surface area contributed by atoms with Gasteiger partial charge in [-0.1, -0.05) is 42.5 Å². The molecule has 1 heterocycles. The SMILES string of the molecule is CCN(CC)C(=O)c1cc(C)c2nc(CCC(F)(F)F)n(Cc3ccc(-c4ccccc4C(=O)O)cc3)c2c1. The first-order valence-electron chi connectivity index (χ1n) is 12.8. The van der Waals surface area contributed by atoms with E-state index in [4.69, 9.17) is 0 Å². The summed E-state index contributed by atoms with van der Waals surface area (Å²) in [5.41, 5.74) is 4.62. The predicted molar refractivity (Wildman–Crippen MR) is 144 cm³/mol. The van der Waals surface area contributed by atoms with Crippen molar-refractivity contribution in [3.05, 3.63) is 88.7 Å². The van der Waals surface area contributed by atoms with Gasteiger partial charge in [-0.3, -0.25) is 4.79 Å². The number of carbonyl (C=O) groups is 2. The number of carboxylic acid groups (broad SMARTS) is 1. The Labute approximate surface area is 224 Å². The van der Waals surface area contributed by atoms with Crippen LogP contribution in [0.15, 0.2) is 60.7 Å². The molecule has 0 atom stereocenters. The van der Waals surface area contributed by atoms with Gasteiger partial charge in [0.2, 0.25) is 0 Å². The summed E-state index contributed by atoms with van der Waals surface area (Å²) in [5.74, 6) is -0.881. The van der Waals surface area contributed by atoms with Crippen LogP contribution in [0.5, 0.6) is 0 Å². The van der Waals surface area contributed by atoms with Crippen LogP contribution in [0, 0.1) is 6.92 Å². The van der Waals surface area contributed by atoms with Crippen LogP contribution in [0.3, 0.4) is 0 Å². The second-order valence-corrected chi connectivity index (χ2v) is 9.42. The molecule has 0 aliphatic rings. The maximum absolute atomic E-state index is 13.1. The minimum atomic E-state index is -4.33. The van der Waals surface area contributed by atoms with Crippen LogP contribution in [0.2, 0.25) is 0 Å². The number of hydrogen-bond acceptors (Lipinski definition) is 3. The molecular formula is C30H30F3N3O3. The number of carboxylic acids is 1. The third kappa shape index (κ3) is 6.13. The van der Waals surface area contributed by atoms with Crippen molar-refractivity contribution in [1.82, 2.24) is 14.5 Å². The molecular weight excluding hydrogens is 507 g/mol. The summed E-state index contributed by atoms with van der Waals surface area (Å²) < 4.78 is 41.2. The minimum absolute atomic E-state index is 0.143. The molecule has 6 nitrogen and oxygen atoms in total. The molecule has 0 radical (unpaired) electrons. The fraction of sp³-hybridized carbons (Fsp3) is 0.300. The Hall–Kier alpha value is -4.14. The summed E-state index contributed by atoms with van der Waals surface area (Å²) in [4.78, 5) is 31.0. The van der Waals surface area contributed by atoms with E-state index in [9.17, 15) is 27.9 Å². The third-order valence-electron chi connectivity index (χ3n) is 6.82. The van der Waals surface area contributed by atoms with E-state index in [0.717, 1.165) is 11.1 Å². The van der Waals surface area contributed by atoms with E-state index >= 15 is 0 Å². The average Bonchev–Trinajstić information content (AvgIpc) is 3.26. The quantitative estimate of drug-likeness (QED) is 0.257. The largest absolute Gasteiger partial charge is 0.478 e. The zero-order valence-corrected chi connectivity index (χ0v) is 22.0. The van der Waals surface area contributed by atoms with Gasteiger partial charge in [0.25, 0.3) is 5.91 Å². The van der Waals surface area contributed by atoms with Crippen LogP contribution in [-0.2, 0) is 13.0 Å². The molecule has 0 aliphatic carbocycles. The van der Waals surface area contributed by atoms with Gasteiger partial charge in [-0.25, -0.2) is 9.78 Å². The fourth-order valence-corrected chi connectivity index (χ4v) is 4.77. The molecule has 3 aromatic carbocycles. The van der Waals surface area contributed by atoms with E-state index in [1.54, 1.807) is 58.9 Å². The highest BCUT2D eigenvalue weighted by molar-refractivity contribution is 5.98. The van der Waals surface area contributed by atoms with Crippen LogP contribution in [0.1, 0.15) is 57.9 Å². The lowest BCUT2D eigenvalue weighted by molar-refractivity contribution is -0.134. The predicted octanol–water partition coefficient (Wildman–Crippen LogP) is 6.74. The number of benzene rings is 3. The number of aryl methyl sites for hydroxylation is 2. The van der Waals surface area contributed by atoms with E-state index in [0.29, 0.717) is 40.8 Å². The van der Waals surface area contributed by atoms with Gasteiger partial charge in [-0.05, 0) is 61.2 Å². The molecule has 0 saturated heterocycles. The summed E-state index contributed by atoms with van der Waals surface area (Å²) in [5, 5.41) is 9.52. The molecule has 204 valence electrons. The molecule has 0 unspecified atom stereocenters. The van der Waals surface area contributed by atoms with Gasteiger partial charge in [0, 0.05) is 31.6 Å². The molecule has 1 N–H and O–H groups in total. The van der Waals surface area contributed by atoms with E-state index in [1.165, 1.54) is 6.07 Å². The number of alkyl halides is 3. The van der Waals surface area contributed by atoms with E-state index in [1.807, 2.05) is 26.0 Å². The van der Waals surface area contributed by atoms with Gasteiger partial charge < -0.3 is 14.6 Å². The Bertz CT molecular complexity index is 1500. The minimum Gasteiger partial charge on any atom is -0.478 e. The lowest BCUT2D eigenvalue weighted by Crippen LogP contribution is -2.30. The number of nitrogens with zero attached hydrogens (tertiary/aromatic N) is 3. The summed E-state index contributed by atoms with van der Waals surface area (Å²) in [6, 6.07) is 17.4. The van der Waals surface area contributed by atoms with E-state index in [2.05, 4.69) is 4.98 Å². The van der Waals surface area contributed by atoms with Gasteiger partial charge in [-0.2, -0.15) is 13.2 Å². The Balaban J connectivity index is 1.76. The number of aromatic nitrogens is 2. The lowest BCUT2D eigenvalue weighted by Gasteiger charge is -2.19. The van der Waals surface area contributed by atoms with Crippen LogP contribution < -0.4 is 0 Å². The van der Waals surface area contributed by atoms with Gasteiger partial charge in [-0.15, -0.1) is 0 Å². The third-order valence-corrected chi connectivity index (χ3v) is 6.82. The van der Waals surface area contributed by atoms with Crippen molar-refractivity contribution >= 4 is 22.9 Å². The number of hydrogen-bond donors (Lipinski definition) is 1. The molecule has 4 aromatic rings. The van der Waals surface area contributed by atoms with Crippen molar-refractivity contribution in [2.24, 2.45) is 0 Å². The molecule has 39 heavy (non-hydrogen) atoms. The smallest absolute Gasteiger partial charge is 0.389 e. The van der Waals surface area contributed by atoms with Crippen LogP contribution >= 0.6 is 0 Å². The second-order valence-electron chi connectivity index (χ2n) is 9.42. The Kier molecular flexibility index (Phi) is 8.09. The molecule has 1 amide bonds. The first-order valence-corrected chi connectivity index (χ1v) is 12.8. The number of rotatable bonds is 9. The Morgan fingerprint density at radius 1 is 1.00 bits per heavy atom. The van der Waals surface area contributed by atoms with Crippen molar-refractivity contribution < 1.29 is 27.9 Å². The first kappa shape index (κ1) is 27.9. The summed E-state index contributed by atoms with van der Waals surface area (Å²) in [7, 11) is 0. The number of aromatic carboxylic acids is 1. The average molecular weight is 538 g/mol. The maximum atomic E-state index is 13.1. The van der Waals surface area contributed by atoms with Crippen molar-refractivity contribution in [1.29, 1.82) is 0 Å². The number of imidazole rings is 1. The lowest BCUT2D eigenvalue weighted by atomic mass is 9.98. The summed E-state index contributed by atoms with van der Waals surface area (Å²) >= 11 is 0. The Morgan fingerprint density at radius 2 is 1.67 bits per heavy atom. The highest BCUT2D eigenvalue weighted by atomic mass is 19.4. The highest BCUT2D eigenvalue weighted by Gasteiger charge is 2.28. The molecule has 1 aromatic heterocycles. The van der Waals surface area contributed by atoms with Gasteiger partial charge >= 0.3 is 12.1 Å². The summed E-state index contributed by atoms with van der Waals surface area (Å²) in [6.07, 6.45) is -5.63. The number of halogens is 3. The van der Waals surface area contributed by atoms with Crippen LogP contribution in [0.4, 0.5) is 13.2 Å². The van der Waals surface area contributed by atoms with Crippen molar-refractivity contribution in [3.63, 3.8) is 0 Å². The zero-order valence-electron chi connectivity index (χ0n) is 22.0. The molecule has 0 bridgehead atoms. The molecule has 0 spiro atoms. The summed E-state index contributed by atoms with van der Waals surface area (Å²) in [6.45, 7) is 6.92. The van der Waals surface area contributed by atoms with Gasteiger partial charge in [0.1, 0.15) is 5.82 Å². The second kappa shape index (κ2) is 11.3. The normalized spacial score (nSPS) is 11.6. The number of fused-ring (bicyclic) bond motifs is 1. The number of carbonyl (C=O) groups excluding carboxylic acids is 1. The monoisotopic (exact) mass is 537 g/mol. The van der Waals surface area contributed by atoms with Gasteiger partial charge in [0.05, 0.1) is 23.0 Å². The standard InChI is InChI=1S/C30H30F3N3O3/c1-4-35(5-2)28(37)22-16-19(3)27-25(17-22)36(26(34-27)14-15-30(31,32)33)18-20-10-12-21(13-11-20)23-8-6-7-9-24(23)29(38)39/h6-13,16-17H,4-5,14-15,18H2,1-3H3,(H,38,39). The molecule has 9 heteroatoms. The molecule has 4 rings (SSSR count). The first-order chi connectivity index (χ1) is 18.5. The molecule has 0 aliphatic heterocycles.